The Bertz CT molecular complexity index is 524. The molecule has 1 amide bonds. The lowest BCUT2D eigenvalue weighted by atomic mass is 10.0. The molecule has 0 saturated heterocycles. The molecule has 0 radical (unpaired) electrons. The average molecular weight is 385 g/mol. The zero-order chi connectivity index (χ0) is 17.7. The van der Waals surface area contributed by atoms with Crippen molar-refractivity contribution in [1.29, 1.82) is 0 Å². The van der Waals surface area contributed by atoms with Crippen molar-refractivity contribution in [3.8, 4) is 0 Å². The van der Waals surface area contributed by atoms with E-state index in [1.165, 1.54) is 5.56 Å². The molecule has 0 aliphatic rings. The van der Waals surface area contributed by atoms with Gasteiger partial charge in [-0.25, -0.2) is 4.79 Å². The largest absolute Gasteiger partial charge is 0.444 e. The van der Waals surface area contributed by atoms with Crippen molar-refractivity contribution in [2.24, 2.45) is 0 Å². The predicted octanol–water partition coefficient (Wildman–Crippen LogP) is 4.79. The first kappa shape index (κ1) is 20.0. The fourth-order valence-corrected chi connectivity index (χ4v) is 2.64. The zero-order valence-electron chi connectivity index (χ0n) is 15.0. The lowest BCUT2D eigenvalue weighted by Crippen LogP contribution is -2.52. The molecule has 2 N–H and O–H groups in total. The van der Waals surface area contributed by atoms with Gasteiger partial charge in [-0.2, -0.15) is 0 Å². The molecule has 130 valence electrons. The number of carbonyl (C=O) groups is 1. The third kappa shape index (κ3) is 7.84. The second kappa shape index (κ2) is 8.15. The van der Waals surface area contributed by atoms with Crippen LogP contribution in [0, 0.1) is 0 Å². The minimum Gasteiger partial charge on any atom is -0.444 e. The van der Waals surface area contributed by atoms with Crippen LogP contribution >= 0.6 is 15.9 Å². The highest BCUT2D eigenvalue weighted by Gasteiger charge is 2.25. The van der Waals surface area contributed by atoms with Gasteiger partial charge in [0.1, 0.15) is 5.60 Å². The summed E-state index contributed by atoms with van der Waals surface area (Å²) in [4.78, 5) is 11.9. The van der Waals surface area contributed by atoms with Crippen LogP contribution in [-0.2, 0) is 4.74 Å². The molecule has 1 rings (SSSR count). The Labute approximate surface area is 148 Å². The molecule has 0 aromatic heterocycles. The molecule has 1 unspecified atom stereocenters. The van der Waals surface area contributed by atoms with E-state index in [1.807, 2.05) is 46.8 Å². The van der Waals surface area contributed by atoms with E-state index in [2.05, 4.69) is 45.6 Å². The second-order valence-electron chi connectivity index (χ2n) is 7.41. The second-order valence-corrected chi connectivity index (χ2v) is 8.32. The van der Waals surface area contributed by atoms with E-state index in [4.69, 9.17) is 4.74 Å². The number of ether oxygens (including phenoxy) is 1. The molecular formula is C18H29BrN2O2. The Morgan fingerprint density at radius 2 is 1.91 bits per heavy atom. The summed E-state index contributed by atoms with van der Waals surface area (Å²) in [6.45, 7) is 12.3. The summed E-state index contributed by atoms with van der Waals surface area (Å²) in [5.74, 6) is 0. The Kier molecular flexibility index (Phi) is 7.08. The van der Waals surface area contributed by atoms with E-state index in [0.29, 0.717) is 6.54 Å². The molecule has 1 aromatic carbocycles. The molecule has 0 aliphatic carbocycles. The van der Waals surface area contributed by atoms with Gasteiger partial charge in [-0.3, -0.25) is 0 Å². The van der Waals surface area contributed by atoms with Gasteiger partial charge >= 0.3 is 6.09 Å². The zero-order valence-corrected chi connectivity index (χ0v) is 16.6. The van der Waals surface area contributed by atoms with Crippen LogP contribution in [0.4, 0.5) is 4.79 Å². The molecule has 0 aliphatic heterocycles. The molecule has 0 heterocycles. The first-order valence-electron chi connectivity index (χ1n) is 8.02. The summed E-state index contributed by atoms with van der Waals surface area (Å²) >= 11 is 3.51. The summed E-state index contributed by atoms with van der Waals surface area (Å²) < 4.78 is 6.39. The third-order valence-corrected chi connectivity index (χ3v) is 3.78. The van der Waals surface area contributed by atoms with Gasteiger partial charge in [0, 0.05) is 17.1 Å². The van der Waals surface area contributed by atoms with E-state index in [1.54, 1.807) is 0 Å². The number of nitrogens with one attached hydrogen (secondary N) is 2. The highest BCUT2D eigenvalue weighted by Crippen LogP contribution is 2.21. The summed E-state index contributed by atoms with van der Waals surface area (Å²) in [5, 5.41) is 6.45. The van der Waals surface area contributed by atoms with Crippen molar-refractivity contribution in [1.82, 2.24) is 10.6 Å². The van der Waals surface area contributed by atoms with Crippen LogP contribution in [0.15, 0.2) is 28.7 Å². The Morgan fingerprint density at radius 1 is 1.26 bits per heavy atom. The fourth-order valence-electron chi connectivity index (χ4n) is 2.22. The van der Waals surface area contributed by atoms with Gasteiger partial charge in [0.05, 0.1) is 5.54 Å². The number of hydrogen-bond donors (Lipinski definition) is 2. The highest BCUT2D eigenvalue weighted by molar-refractivity contribution is 9.10. The van der Waals surface area contributed by atoms with Gasteiger partial charge in [-0.1, -0.05) is 35.0 Å². The Morgan fingerprint density at radius 3 is 2.43 bits per heavy atom. The lowest BCUT2D eigenvalue weighted by molar-refractivity contribution is 0.0470. The monoisotopic (exact) mass is 384 g/mol. The molecule has 1 aromatic rings. The van der Waals surface area contributed by atoms with Crippen molar-refractivity contribution >= 4 is 22.0 Å². The first-order chi connectivity index (χ1) is 10.5. The van der Waals surface area contributed by atoms with E-state index in [0.717, 1.165) is 10.9 Å². The molecular weight excluding hydrogens is 356 g/mol. The Hall–Kier alpha value is -1.07. The molecule has 1 atom stereocenters. The average Bonchev–Trinajstić information content (AvgIpc) is 2.36. The predicted molar refractivity (Wildman–Crippen MR) is 98.6 cm³/mol. The van der Waals surface area contributed by atoms with E-state index < -0.39 is 11.1 Å². The summed E-state index contributed by atoms with van der Waals surface area (Å²) in [5.41, 5.74) is 0.340. The van der Waals surface area contributed by atoms with Crippen LogP contribution in [0.3, 0.4) is 0 Å². The van der Waals surface area contributed by atoms with Crippen molar-refractivity contribution in [2.75, 3.05) is 6.54 Å². The standard InChI is InChI=1S/C18H29BrN2O2/c1-7-15(13-9-8-10-14(19)11-13)20-12-18(5,6)21-16(22)23-17(2,3)4/h8-11,15,20H,7,12H2,1-6H3,(H,21,22). The van der Waals surface area contributed by atoms with Gasteiger partial charge in [-0.05, 0) is 58.7 Å². The highest BCUT2D eigenvalue weighted by atomic mass is 79.9. The van der Waals surface area contributed by atoms with Crippen molar-refractivity contribution in [2.45, 2.75) is 65.1 Å². The number of halogens is 1. The maximum atomic E-state index is 11.9. The molecule has 0 saturated carbocycles. The number of carbonyl (C=O) groups excluding carboxylic acids is 1. The molecule has 0 spiro atoms. The topological polar surface area (TPSA) is 50.4 Å². The van der Waals surface area contributed by atoms with E-state index in [-0.39, 0.29) is 12.1 Å². The minimum absolute atomic E-state index is 0.243. The maximum Gasteiger partial charge on any atom is 0.408 e. The number of rotatable bonds is 6. The first-order valence-corrected chi connectivity index (χ1v) is 8.82. The van der Waals surface area contributed by atoms with Crippen LogP contribution in [0.25, 0.3) is 0 Å². The van der Waals surface area contributed by atoms with Crippen molar-refractivity contribution in [3.63, 3.8) is 0 Å². The van der Waals surface area contributed by atoms with E-state index in [9.17, 15) is 4.79 Å². The SMILES string of the molecule is CCC(NCC(C)(C)NC(=O)OC(C)(C)C)c1cccc(Br)c1. The number of amides is 1. The lowest BCUT2D eigenvalue weighted by Gasteiger charge is -2.30. The minimum atomic E-state index is -0.490. The third-order valence-electron chi connectivity index (χ3n) is 3.29. The van der Waals surface area contributed by atoms with Crippen LogP contribution in [-0.4, -0.2) is 23.8 Å². The van der Waals surface area contributed by atoms with Crippen LogP contribution in [0.1, 0.15) is 59.6 Å². The number of alkyl carbamates (subject to hydrolysis) is 1. The molecule has 0 bridgehead atoms. The van der Waals surface area contributed by atoms with Gasteiger partial charge in [0.2, 0.25) is 0 Å². The van der Waals surface area contributed by atoms with Crippen molar-refractivity contribution in [3.05, 3.63) is 34.3 Å². The van der Waals surface area contributed by atoms with Crippen LogP contribution in [0.5, 0.6) is 0 Å². The van der Waals surface area contributed by atoms with Crippen LogP contribution in [0.2, 0.25) is 0 Å². The maximum absolute atomic E-state index is 11.9. The Balaban J connectivity index is 2.61. The normalized spacial score (nSPS) is 13.5. The van der Waals surface area contributed by atoms with Crippen molar-refractivity contribution < 1.29 is 9.53 Å². The van der Waals surface area contributed by atoms with Gasteiger partial charge in [-0.15, -0.1) is 0 Å². The molecule has 0 fully saturated rings. The van der Waals surface area contributed by atoms with Gasteiger partial charge in [0.25, 0.3) is 0 Å². The summed E-state index contributed by atoms with van der Waals surface area (Å²) in [6, 6.07) is 8.53. The molecule has 5 heteroatoms. The van der Waals surface area contributed by atoms with E-state index >= 15 is 0 Å². The summed E-state index contributed by atoms with van der Waals surface area (Å²) in [7, 11) is 0. The number of hydrogen-bond acceptors (Lipinski definition) is 3. The van der Waals surface area contributed by atoms with Crippen LogP contribution < -0.4 is 10.6 Å². The van der Waals surface area contributed by atoms with Gasteiger partial charge in [0.15, 0.2) is 0 Å². The molecule has 23 heavy (non-hydrogen) atoms. The quantitative estimate of drug-likeness (QED) is 0.740. The molecule has 4 nitrogen and oxygen atoms in total. The smallest absolute Gasteiger partial charge is 0.408 e. The fraction of sp³-hybridized carbons (Fsp3) is 0.611. The number of benzene rings is 1. The summed E-state index contributed by atoms with van der Waals surface area (Å²) in [6.07, 6.45) is 0.582. The van der Waals surface area contributed by atoms with Gasteiger partial charge < -0.3 is 15.4 Å².